The molecule has 7 heteroatoms. The Morgan fingerprint density at radius 2 is 2.07 bits per heavy atom. The molecule has 82 valence electrons. The molecule has 0 aliphatic rings. The molecule has 1 aromatic carbocycles. The number of nitrogens with one attached hydrogen (secondary N) is 1. The smallest absolute Gasteiger partial charge is 0.221 e. The van der Waals surface area contributed by atoms with E-state index in [4.69, 9.17) is 5.73 Å². The maximum absolute atomic E-state index is 10.7. The summed E-state index contributed by atoms with van der Waals surface area (Å²) in [7, 11) is -4.57. The maximum Gasteiger partial charge on any atom is 0.221 e. The monoisotopic (exact) mass is 229 g/mol. The van der Waals surface area contributed by atoms with E-state index in [-0.39, 0.29) is 11.6 Å². The number of hydrogen-bond acceptors (Lipinski definition) is 5. The second kappa shape index (κ2) is 3.87. The molecule has 15 heavy (non-hydrogen) atoms. The molecule has 0 spiro atoms. The van der Waals surface area contributed by atoms with Crippen LogP contribution < -0.4 is 11.1 Å². The fourth-order valence-electron chi connectivity index (χ4n) is 1.06. The Kier molecular flexibility index (Phi) is 2.96. The summed E-state index contributed by atoms with van der Waals surface area (Å²) < 4.78 is 32.0. The first kappa shape index (κ1) is 11.5. The van der Waals surface area contributed by atoms with Crippen molar-refractivity contribution in [2.24, 2.45) is 0 Å². The lowest BCUT2D eigenvalue weighted by molar-refractivity contribution is -0.114. The first-order valence-corrected chi connectivity index (χ1v) is 5.34. The zero-order valence-corrected chi connectivity index (χ0v) is 8.67. The van der Waals surface area contributed by atoms with Crippen molar-refractivity contribution in [3.63, 3.8) is 0 Å². The molecule has 0 aliphatic carbocycles. The summed E-state index contributed by atoms with van der Waals surface area (Å²) in [6, 6.07) is 3.57. The normalized spacial score (nSPS) is 11.1. The van der Waals surface area contributed by atoms with E-state index in [9.17, 15) is 17.8 Å². The molecule has 0 fully saturated rings. The molecule has 0 saturated heterocycles. The van der Waals surface area contributed by atoms with Gasteiger partial charge in [0, 0.05) is 12.6 Å². The van der Waals surface area contributed by atoms with Crippen LogP contribution >= 0.6 is 0 Å². The number of anilines is 2. The average Bonchev–Trinajstić information content (AvgIpc) is 1.99. The van der Waals surface area contributed by atoms with E-state index < -0.39 is 15.0 Å². The van der Waals surface area contributed by atoms with Gasteiger partial charge in [-0.05, 0) is 18.2 Å². The fraction of sp³-hybridized carbons (Fsp3) is 0.125. The maximum atomic E-state index is 10.7. The van der Waals surface area contributed by atoms with Crippen LogP contribution in [0.4, 0.5) is 11.4 Å². The van der Waals surface area contributed by atoms with Gasteiger partial charge in [-0.2, -0.15) is 0 Å². The van der Waals surface area contributed by atoms with Crippen LogP contribution in [0, 0.1) is 0 Å². The molecular weight excluding hydrogens is 220 g/mol. The lowest BCUT2D eigenvalue weighted by atomic mass is 10.3. The molecule has 1 rings (SSSR count). The minimum absolute atomic E-state index is 0.184. The van der Waals surface area contributed by atoms with Gasteiger partial charge < -0.3 is 15.6 Å². The minimum atomic E-state index is -4.57. The van der Waals surface area contributed by atoms with Crippen molar-refractivity contribution in [1.82, 2.24) is 0 Å². The average molecular weight is 229 g/mol. The largest absolute Gasteiger partial charge is 0.744 e. The molecule has 0 unspecified atom stereocenters. The van der Waals surface area contributed by atoms with Gasteiger partial charge in [0.05, 0.1) is 10.6 Å². The van der Waals surface area contributed by atoms with Gasteiger partial charge in [0.1, 0.15) is 10.1 Å². The Balaban J connectivity index is 3.15. The molecule has 0 heterocycles. The Hall–Kier alpha value is -1.60. The molecule has 0 bridgehead atoms. The summed E-state index contributed by atoms with van der Waals surface area (Å²) >= 11 is 0. The summed E-state index contributed by atoms with van der Waals surface area (Å²) in [6.45, 7) is 1.30. The summed E-state index contributed by atoms with van der Waals surface area (Å²) in [6.07, 6.45) is 0. The van der Waals surface area contributed by atoms with Crippen molar-refractivity contribution in [1.29, 1.82) is 0 Å². The van der Waals surface area contributed by atoms with Crippen LogP contribution in [-0.4, -0.2) is 18.9 Å². The highest BCUT2D eigenvalue weighted by molar-refractivity contribution is 7.86. The van der Waals surface area contributed by atoms with Gasteiger partial charge in [-0.15, -0.1) is 0 Å². The van der Waals surface area contributed by atoms with Crippen LogP contribution in [0.3, 0.4) is 0 Å². The van der Waals surface area contributed by atoms with Gasteiger partial charge in [-0.1, -0.05) is 0 Å². The van der Waals surface area contributed by atoms with Crippen LogP contribution in [-0.2, 0) is 14.9 Å². The Morgan fingerprint density at radius 1 is 1.47 bits per heavy atom. The van der Waals surface area contributed by atoms with E-state index in [1.165, 1.54) is 19.1 Å². The number of rotatable bonds is 2. The Bertz CT molecular complexity index is 495. The molecule has 0 aromatic heterocycles. The van der Waals surface area contributed by atoms with Gasteiger partial charge in [-0.25, -0.2) is 8.42 Å². The van der Waals surface area contributed by atoms with Crippen molar-refractivity contribution in [3.05, 3.63) is 18.2 Å². The third-order valence-electron chi connectivity index (χ3n) is 1.60. The molecule has 1 amide bonds. The number of hydrogen-bond donors (Lipinski definition) is 2. The van der Waals surface area contributed by atoms with Crippen molar-refractivity contribution in [3.8, 4) is 0 Å². The van der Waals surface area contributed by atoms with Gasteiger partial charge >= 0.3 is 0 Å². The van der Waals surface area contributed by atoms with Crippen LogP contribution in [0.15, 0.2) is 23.1 Å². The first-order chi connectivity index (χ1) is 6.80. The zero-order chi connectivity index (χ0) is 11.6. The molecule has 3 N–H and O–H groups in total. The lowest BCUT2D eigenvalue weighted by Crippen LogP contribution is -2.08. The van der Waals surface area contributed by atoms with E-state index in [2.05, 4.69) is 5.32 Å². The molecule has 0 atom stereocenters. The minimum Gasteiger partial charge on any atom is -0.744 e. The van der Waals surface area contributed by atoms with Crippen molar-refractivity contribution in [2.45, 2.75) is 11.8 Å². The van der Waals surface area contributed by atoms with Crippen LogP contribution in [0.25, 0.3) is 0 Å². The van der Waals surface area contributed by atoms with E-state index in [0.29, 0.717) is 5.69 Å². The summed E-state index contributed by atoms with van der Waals surface area (Å²) in [4.78, 5) is 10.2. The summed E-state index contributed by atoms with van der Waals surface area (Å²) in [5.74, 6) is -0.313. The molecule has 0 radical (unpaired) electrons. The summed E-state index contributed by atoms with van der Waals surface area (Å²) in [5, 5.41) is 2.41. The highest BCUT2D eigenvalue weighted by atomic mass is 32.2. The first-order valence-electron chi connectivity index (χ1n) is 3.93. The quantitative estimate of drug-likeness (QED) is 0.553. The van der Waals surface area contributed by atoms with Crippen LogP contribution in [0.1, 0.15) is 6.92 Å². The number of nitrogen functional groups attached to an aromatic ring is 1. The third-order valence-corrected chi connectivity index (χ3v) is 2.51. The van der Waals surface area contributed by atoms with Crippen LogP contribution in [0.2, 0.25) is 0 Å². The zero-order valence-electron chi connectivity index (χ0n) is 7.85. The molecule has 6 nitrogen and oxygen atoms in total. The van der Waals surface area contributed by atoms with Gasteiger partial charge in [0.2, 0.25) is 5.91 Å². The number of amides is 1. The molecule has 0 aliphatic heterocycles. The Labute approximate surface area is 86.8 Å². The lowest BCUT2D eigenvalue weighted by Gasteiger charge is -2.11. The number of carbonyl (C=O) groups is 1. The Morgan fingerprint density at radius 3 is 2.47 bits per heavy atom. The number of nitrogens with two attached hydrogens (primary N) is 1. The second-order valence-electron chi connectivity index (χ2n) is 2.89. The van der Waals surface area contributed by atoms with E-state index in [1.54, 1.807) is 0 Å². The van der Waals surface area contributed by atoms with E-state index in [0.717, 1.165) is 6.07 Å². The van der Waals surface area contributed by atoms with Crippen molar-refractivity contribution in [2.75, 3.05) is 11.1 Å². The standard InChI is InChI=1S/C8H10N2O4S/c1-5(11)10-6-2-3-8(7(9)4-6)15(12,13)14/h2-4H,9H2,1H3,(H,10,11)(H,12,13,14)/p-1. The number of benzene rings is 1. The highest BCUT2D eigenvalue weighted by Crippen LogP contribution is 2.21. The van der Waals surface area contributed by atoms with Gasteiger partial charge in [-0.3, -0.25) is 4.79 Å². The SMILES string of the molecule is CC(=O)Nc1ccc(S(=O)(=O)[O-])c(N)c1. The van der Waals surface area contributed by atoms with E-state index in [1.807, 2.05) is 0 Å². The number of carbonyl (C=O) groups excluding carboxylic acids is 1. The summed E-state index contributed by atoms with van der Waals surface area (Å²) in [5.41, 5.74) is 5.51. The third kappa shape index (κ3) is 2.93. The predicted molar refractivity (Wildman–Crippen MR) is 53.1 cm³/mol. The van der Waals surface area contributed by atoms with Gasteiger partial charge in [0.25, 0.3) is 0 Å². The van der Waals surface area contributed by atoms with Crippen molar-refractivity contribution < 1.29 is 17.8 Å². The predicted octanol–water partition coefficient (Wildman–Crippen LogP) is 0.131. The second-order valence-corrected chi connectivity index (χ2v) is 4.24. The van der Waals surface area contributed by atoms with Crippen LogP contribution in [0.5, 0.6) is 0 Å². The van der Waals surface area contributed by atoms with Crippen molar-refractivity contribution >= 4 is 27.4 Å². The molecule has 0 saturated carbocycles. The fourth-order valence-corrected chi connectivity index (χ4v) is 1.64. The topological polar surface area (TPSA) is 112 Å². The molecular formula is C8H9N2O4S-. The molecule has 1 aromatic rings. The van der Waals surface area contributed by atoms with E-state index >= 15 is 0 Å². The highest BCUT2D eigenvalue weighted by Gasteiger charge is 2.07. The van der Waals surface area contributed by atoms with Gasteiger partial charge in [0.15, 0.2) is 0 Å².